The van der Waals surface area contributed by atoms with Gasteiger partial charge in [0.25, 0.3) is 0 Å². The van der Waals surface area contributed by atoms with Crippen LogP contribution in [0.25, 0.3) is 0 Å². The van der Waals surface area contributed by atoms with Crippen LogP contribution in [0.4, 0.5) is 0 Å². The van der Waals surface area contributed by atoms with Crippen LogP contribution in [0.1, 0.15) is 50.2 Å². The number of benzene rings is 1. The van der Waals surface area contributed by atoms with Crippen molar-refractivity contribution in [2.75, 3.05) is 0 Å². The monoisotopic (exact) mass is 234 g/mol. The first-order valence-corrected chi connectivity index (χ1v) is 6.51. The lowest BCUT2D eigenvalue weighted by molar-refractivity contribution is 0.149. The Morgan fingerprint density at radius 1 is 1.29 bits per heavy atom. The third-order valence-corrected chi connectivity index (χ3v) is 3.44. The molecule has 1 saturated carbocycles. The lowest BCUT2D eigenvalue weighted by Gasteiger charge is -2.19. The zero-order valence-corrected chi connectivity index (χ0v) is 10.9. The molecule has 1 aliphatic carbocycles. The zero-order chi connectivity index (χ0) is 12.4. The van der Waals surface area contributed by atoms with Crippen molar-refractivity contribution in [1.82, 2.24) is 0 Å². The zero-order valence-electron chi connectivity index (χ0n) is 10.9. The second-order valence-electron chi connectivity index (χ2n) is 5.40. The van der Waals surface area contributed by atoms with E-state index >= 15 is 0 Å². The maximum atomic E-state index is 9.53. The molecule has 2 atom stereocenters. The Morgan fingerprint density at radius 3 is 2.65 bits per heavy atom. The lowest BCUT2D eigenvalue weighted by Crippen LogP contribution is -2.14. The summed E-state index contributed by atoms with van der Waals surface area (Å²) in [5, 5.41) is 9.53. The summed E-state index contributed by atoms with van der Waals surface area (Å²) < 4.78 is 6.06. The molecule has 0 radical (unpaired) electrons. The van der Waals surface area contributed by atoms with Gasteiger partial charge in [-0.3, -0.25) is 0 Å². The van der Waals surface area contributed by atoms with Crippen molar-refractivity contribution < 1.29 is 9.84 Å². The minimum Gasteiger partial charge on any atom is -0.490 e. The number of hydrogen-bond donors (Lipinski definition) is 1. The van der Waals surface area contributed by atoms with Gasteiger partial charge < -0.3 is 9.84 Å². The Labute approximate surface area is 104 Å². The molecule has 2 nitrogen and oxygen atoms in total. The fourth-order valence-corrected chi connectivity index (χ4v) is 2.42. The Kier molecular flexibility index (Phi) is 3.72. The number of aryl methyl sites for hydroxylation is 1. The van der Waals surface area contributed by atoms with Crippen molar-refractivity contribution in [2.24, 2.45) is 0 Å². The Bertz CT molecular complexity index is 385. The molecular formula is C15H22O2. The molecule has 1 aliphatic rings. The van der Waals surface area contributed by atoms with Gasteiger partial charge in [0.2, 0.25) is 0 Å². The number of aliphatic hydroxyl groups excluding tert-OH is 1. The summed E-state index contributed by atoms with van der Waals surface area (Å²) in [5.74, 6) is 1.47. The van der Waals surface area contributed by atoms with E-state index in [1.807, 2.05) is 0 Å². The molecule has 0 aromatic heterocycles. The molecule has 1 aromatic carbocycles. The largest absolute Gasteiger partial charge is 0.490 e. The van der Waals surface area contributed by atoms with Crippen molar-refractivity contribution in [2.45, 2.75) is 58.2 Å². The summed E-state index contributed by atoms with van der Waals surface area (Å²) >= 11 is 0. The molecule has 0 heterocycles. The van der Waals surface area contributed by atoms with Crippen LogP contribution in [-0.2, 0) is 0 Å². The number of rotatable bonds is 3. The summed E-state index contributed by atoms with van der Waals surface area (Å²) in [6.45, 7) is 6.45. The average Bonchev–Trinajstić information content (AvgIpc) is 2.63. The van der Waals surface area contributed by atoms with Gasteiger partial charge in [-0.1, -0.05) is 26.0 Å². The minimum absolute atomic E-state index is 0.174. The highest BCUT2D eigenvalue weighted by atomic mass is 16.5. The standard InChI is InChI=1S/C15H22O2/c1-10(2)14-7-4-11(3)8-15(14)17-13-6-5-12(16)9-13/h4,7-8,10,12-13,16H,5-6,9H2,1-3H3. The van der Waals surface area contributed by atoms with Crippen LogP contribution in [0.2, 0.25) is 0 Å². The van der Waals surface area contributed by atoms with Crippen molar-refractivity contribution in [3.05, 3.63) is 29.3 Å². The molecule has 2 unspecified atom stereocenters. The second kappa shape index (κ2) is 5.09. The second-order valence-corrected chi connectivity index (χ2v) is 5.40. The Balaban J connectivity index is 2.16. The van der Waals surface area contributed by atoms with E-state index in [9.17, 15) is 5.11 Å². The summed E-state index contributed by atoms with van der Waals surface area (Å²) in [5.41, 5.74) is 2.49. The van der Waals surface area contributed by atoms with Gasteiger partial charge in [0.1, 0.15) is 11.9 Å². The molecule has 94 valence electrons. The molecule has 0 amide bonds. The summed E-state index contributed by atoms with van der Waals surface area (Å²) in [7, 11) is 0. The van der Waals surface area contributed by atoms with Crippen LogP contribution in [0.15, 0.2) is 18.2 Å². The molecule has 0 spiro atoms. The first-order valence-electron chi connectivity index (χ1n) is 6.51. The SMILES string of the molecule is Cc1ccc(C(C)C)c(OC2CCC(O)C2)c1. The third-order valence-electron chi connectivity index (χ3n) is 3.44. The lowest BCUT2D eigenvalue weighted by atomic mass is 10.0. The average molecular weight is 234 g/mol. The molecule has 0 aliphatic heterocycles. The molecule has 17 heavy (non-hydrogen) atoms. The number of aliphatic hydroxyl groups is 1. The van der Waals surface area contributed by atoms with E-state index < -0.39 is 0 Å². The molecule has 1 fully saturated rings. The fourth-order valence-electron chi connectivity index (χ4n) is 2.42. The fraction of sp³-hybridized carbons (Fsp3) is 0.600. The topological polar surface area (TPSA) is 29.5 Å². The van der Waals surface area contributed by atoms with E-state index in [1.165, 1.54) is 11.1 Å². The summed E-state index contributed by atoms with van der Waals surface area (Å²) in [6, 6.07) is 6.40. The molecule has 0 bridgehead atoms. The molecular weight excluding hydrogens is 212 g/mol. The van der Waals surface area contributed by atoms with Crippen LogP contribution in [0, 0.1) is 6.92 Å². The highest BCUT2D eigenvalue weighted by Gasteiger charge is 2.25. The van der Waals surface area contributed by atoms with Gasteiger partial charge in [-0.05, 0) is 42.9 Å². The predicted molar refractivity (Wildman–Crippen MR) is 69.5 cm³/mol. The van der Waals surface area contributed by atoms with E-state index in [1.54, 1.807) is 0 Å². The van der Waals surface area contributed by atoms with Crippen LogP contribution < -0.4 is 4.74 Å². The van der Waals surface area contributed by atoms with E-state index in [2.05, 4.69) is 39.0 Å². The van der Waals surface area contributed by atoms with Gasteiger partial charge >= 0.3 is 0 Å². The van der Waals surface area contributed by atoms with Gasteiger partial charge in [-0.25, -0.2) is 0 Å². The highest BCUT2D eigenvalue weighted by Crippen LogP contribution is 2.31. The third kappa shape index (κ3) is 3.01. The number of ether oxygens (including phenoxy) is 1. The highest BCUT2D eigenvalue weighted by molar-refractivity contribution is 5.39. The molecule has 2 heteroatoms. The van der Waals surface area contributed by atoms with Gasteiger partial charge in [0.05, 0.1) is 6.10 Å². The van der Waals surface area contributed by atoms with E-state index in [4.69, 9.17) is 4.74 Å². The number of hydrogen-bond acceptors (Lipinski definition) is 2. The molecule has 1 aromatic rings. The van der Waals surface area contributed by atoms with E-state index in [-0.39, 0.29) is 12.2 Å². The first kappa shape index (κ1) is 12.4. The summed E-state index contributed by atoms with van der Waals surface area (Å²) in [6.07, 6.45) is 2.61. The first-order chi connectivity index (χ1) is 8.06. The van der Waals surface area contributed by atoms with Crippen LogP contribution in [0.5, 0.6) is 5.75 Å². The van der Waals surface area contributed by atoms with Crippen molar-refractivity contribution in [1.29, 1.82) is 0 Å². The minimum atomic E-state index is -0.174. The van der Waals surface area contributed by atoms with Crippen LogP contribution >= 0.6 is 0 Å². The maximum absolute atomic E-state index is 9.53. The van der Waals surface area contributed by atoms with E-state index in [0.717, 1.165) is 25.0 Å². The van der Waals surface area contributed by atoms with Crippen molar-refractivity contribution >= 4 is 0 Å². The van der Waals surface area contributed by atoms with Crippen LogP contribution in [-0.4, -0.2) is 17.3 Å². The maximum Gasteiger partial charge on any atom is 0.123 e. The van der Waals surface area contributed by atoms with Crippen molar-refractivity contribution in [3.8, 4) is 5.75 Å². The van der Waals surface area contributed by atoms with Gasteiger partial charge in [-0.2, -0.15) is 0 Å². The quantitative estimate of drug-likeness (QED) is 0.868. The smallest absolute Gasteiger partial charge is 0.123 e. The van der Waals surface area contributed by atoms with Crippen LogP contribution in [0.3, 0.4) is 0 Å². The Morgan fingerprint density at radius 2 is 2.06 bits per heavy atom. The van der Waals surface area contributed by atoms with Gasteiger partial charge in [0.15, 0.2) is 0 Å². The van der Waals surface area contributed by atoms with Crippen molar-refractivity contribution in [3.63, 3.8) is 0 Å². The van der Waals surface area contributed by atoms with Gasteiger partial charge in [-0.15, -0.1) is 0 Å². The molecule has 0 saturated heterocycles. The molecule has 1 N–H and O–H groups in total. The summed E-state index contributed by atoms with van der Waals surface area (Å²) in [4.78, 5) is 0. The normalized spacial score (nSPS) is 24.3. The van der Waals surface area contributed by atoms with Gasteiger partial charge in [0, 0.05) is 6.42 Å². The Hall–Kier alpha value is -1.02. The molecule has 2 rings (SSSR count). The van der Waals surface area contributed by atoms with E-state index in [0.29, 0.717) is 5.92 Å². The predicted octanol–water partition coefficient (Wildman–Crippen LogP) is 3.41.